The van der Waals surface area contributed by atoms with E-state index in [2.05, 4.69) is 17.1 Å². The number of hydrogen-bond donors (Lipinski definition) is 2. The molecule has 0 bridgehead atoms. The van der Waals surface area contributed by atoms with E-state index in [0.29, 0.717) is 18.3 Å². The van der Waals surface area contributed by atoms with Crippen molar-refractivity contribution in [1.82, 2.24) is 10.2 Å². The van der Waals surface area contributed by atoms with Crippen LogP contribution in [0, 0.1) is 11.8 Å². The molecule has 0 radical (unpaired) electrons. The van der Waals surface area contributed by atoms with Crippen molar-refractivity contribution in [2.75, 3.05) is 33.2 Å². The SMILES string of the molecule is CNC(=O)CCCN1CCC(CN)C(C)C1. The number of nitrogens with one attached hydrogen (secondary N) is 1. The zero-order valence-electron chi connectivity index (χ0n) is 10.5. The van der Waals surface area contributed by atoms with E-state index in [-0.39, 0.29) is 5.91 Å². The molecule has 94 valence electrons. The third-order valence-corrected chi connectivity index (χ3v) is 3.63. The lowest BCUT2D eigenvalue weighted by Crippen LogP contribution is -2.42. The van der Waals surface area contributed by atoms with Crippen LogP contribution in [-0.2, 0) is 4.79 Å². The lowest BCUT2D eigenvalue weighted by Gasteiger charge is -2.36. The summed E-state index contributed by atoms with van der Waals surface area (Å²) in [6.07, 6.45) is 2.80. The number of carbonyl (C=O) groups excluding carboxylic acids is 1. The summed E-state index contributed by atoms with van der Waals surface area (Å²) < 4.78 is 0. The van der Waals surface area contributed by atoms with Crippen molar-refractivity contribution in [3.05, 3.63) is 0 Å². The second-order valence-electron chi connectivity index (χ2n) is 4.84. The summed E-state index contributed by atoms with van der Waals surface area (Å²) in [5.74, 6) is 1.53. The van der Waals surface area contributed by atoms with Crippen LogP contribution in [0.15, 0.2) is 0 Å². The summed E-state index contributed by atoms with van der Waals surface area (Å²) in [6.45, 7) is 6.40. The van der Waals surface area contributed by atoms with E-state index >= 15 is 0 Å². The number of likely N-dealkylation sites (tertiary alicyclic amines) is 1. The van der Waals surface area contributed by atoms with Crippen molar-refractivity contribution >= 4 is 5.91 Å². The molecular weight excluding hydrogens is 202 g/mol. The van der Waals surface area contributed by atoms with Gasteiger partial charge in [0, 0.05) is 20.0 Å². The molecule has 1 heterocycles. The Bertz CT molecular complexity index is 220. The molecule has 1 aliphatic heterocycles. The fourth-order valence-electron chi connectivity index (χ4n) is 2.42. The van der Waals surface area contributed by atoms with Crippen molar-refractivity contribution < 1.29 is 4.79 Å². The summed E-state index contributed by atoms with van der Waals surface area (Å²) in [5.41, 5.74) is 5.73. The van der Waals surface area contributed by atoms with Crippen molar-refractivity contribution in [3.63, 3.8) is 0 Å². The molecule has 4 nitrogen and oxygen atoms in total. The largest absolute Gasteiger partial charge is 0.359 e. The highest BCUT2D eigenvalue weighted by atomic mass is 16.1. The van der Waals surface area contributed by atoms with Gasteiger partial charge < -0.3 is 16.0 Å². The topological polar surface area (TPSA) is 58.4 Å². The van der Waals surface area contributed by atoms with Crippen LogP contribution in [0.3, 0.4) is 0 Å². The normalized spacial score (nSPS) is 26.7. The maximum absolute atomic E-state index is 11.1. The number of hydrogen-bond acceptors (Lipinski definition) is 3. The van der Waals surface area contributed by atoms with Crippen LogP contribution in [-0.4, -0.2) is 44.0 Å². The maximum Gasteiger partial charge on any atom is 0.219 e. The van der Waals surface area contributed by atoms with Gasteiger partial charge in [0.2, 0.25) is 5.91 Å². The lowest BCUT2D eigenvalue weighted by atomic mass is 9.87. The van der Waals surface area contributed by atoms with E-state index in [9.17, 15) is 4.79 Å². The maximum atomic E-state index is 11.1. The summed E-state index contributed by atoms with van der Waals surface area (Å²) in [4.78, 5) is 13.5. The Balaban J connectivity index is 2.17. The fourth-order valence-corrected chi connectivity index (χ4v) is 2.42. The Morgan fingerprint density at radius 3 is 2.88 bits per heavy atom. The summed E-state index contributed by atoms with van der Waals surface area (Å²) in [7, 11) is 1.69. The standard InChI is InChI=1S/C12H25N3O/c1-10-9-15(7-5-11(10)8-13)6-3-4-12(16)14-2/h10-11H,3-9,13H2,1-2H3,(H,14,16). The second kappa shape index (κ2) is 6.86. The van der Waals surface area contributed by atoms with Gasteiger partial charge in [-0.2, -0.15) is 0 Å². The number of piperidine rings is 1. The molecule has 1 fully saturated rings. The predicted molar refractivity (Wildman–Crippen MR) is 66.1 cm³/mol. The Kier molecular flexibility index (Phi) is 5.77. The van der Waals surface area contributed by atoms with Gasteiger partial charge in [0.15, 0.2) is 0 Å². The summed E-state index contributed by atoms with van der Waals surface area (Å²) >= 11 is 0. The first-order chi connectivity index (χ1) is 7.67. The molecule has 1 saturated heterocycles. The highest BCUT2D eigenvalue weighted by Gasteiger charge is 2.24. The van der Waals surface area contributed by atoms with Crippen molar-refractivity contribution in [2.24, 2.45) is 17.6 Å². The van der Waals surface area contributed by atoms with Crippen LogP contribution in [0.1, 0.15) is 26.2 Å². The molecule has 2 unspecified atom stereocenters. The Hall–Kier alpha value is -0.610. The first-order valence-corrected chi connectivity index (χ1v) is 6.30. The van der Waals surface area contributed by atoms with Crippen LogP contribution < -0.4 is 11.1 Å². The fraction of sp³-hybridized carbons (Fsp3) is 0.917. The number of carbonyl (C=O) groups is 1. The molecule has 1 amide bonds. The van der Waals surface area contributed by atoms with Crippen LogP contribution >= 0.6 is 0 Å². The molecule has 3 N–H and O–H groups in total. The van der Waals surface area contributed by atoms with Crippen LogP contribution in [0.5, 0.6) is 0 Å². The van der Waals surface area contributed by atoms with Crippen molar-refractivity contribution in [3.8, 4) is 0 Å². The second-order valence-corrected chi connectivity index (χ2v) is 4.84. The molecule has 2 atom stereocenters. The van der Waals surface area contributed by atoms with Crippen LogP contribution in [0.25, 0.3) is 0 Å². The van der Waals surface area contributed by atoms with E-state index in [0.717, 1.165) is 32.6 Å². The molecule has 0 aromatic heterocycles. The molecule has 16 heavy (non-hydrogen) atoms. The molecule has 0 aliphatic carbocycles. The van der Waals surface area contributed by atoms with Gasteiger partial charge in [-0.05, 0) is 44.3 Å². The van der Waals surface area contributed by atoms with Gasteiger partial charge in [-0.3, -0.25) is 4.79 Å². The first kappa shape index (κ1) is 13.5. The quantitative estimate of drug-likeness (QED) is 0.716. The van der Waals surface area contributed by atoms with E-state index in [4.69, 9.17) is 5.73 Å². The number of nitrogens with zero attached hydrogens (tertiary/aromatic N) is 1. The molecule has 0 aromatic carbocycles. The highest BCUT2D eigenvalue weighted by Crippen LogP contribution is 2.22. The third-order valence-electron chi connectivity index (χ3n) is 3.63. The smallest absolute Gasteiger partial charge is 0.219 e. The van der Waals surface area contributed by atoms with E-state index in [1.807, 2.05) is 0 Å². The summed E-state index contributed by atoms with van der Waals surface area (Å²) in [6, 6.07) is 0. The van der Waals surface area contributed by atoms with Crippen LogP contribution in [0.2, 0.25) is 0 Å². The van der Waals surface area contributed by atoms with Gasteiger partial charge in [-0.25, -0.2) is 0 Å². The zero-order valence-corrected chi connectivity index (χ0v) is 10.5. The van der Waals surface area contributed by atoms with Gasteiger partial charge in [0.1, 0.15) is 0 Å². The van der Waals surface area contributed by atoms with Gasteiger partial charge in [0.25, 0.3) is 0 Å². The van der Waals surface area contributed by atoms with Gasteiger partial charge in [-0.15, -0.1) is 0 Å². The molecule has 1 rings (SSSR count). The zero-order chi connectivity index (χ0) is 12.0. The van der Waals surface area contributed by atoms with Gasteiger partial charge in [-0.1, -0.05) is 6.92 Å². The minimum absolute atomic E-state index is 0.143. The molecular formula is C12H25N3O. The number of amides is 1. The summed E-state index contributed by atoms with van der Waals surface area (Å²) in [5, 5.41) is 2.65. The number of rotatable bonds is 5. The van der Waals surface area contributed by atoms with Crippen molar-refractivity contribution in [1.29, 1.82) is 0 Å². The Labute approximate surface area is 98.6 Å². The molecule has 4 heteroatoms. The van der Waals surface area contributed by atoms with Gasteiger partial charge >= 0.3 is 0 Å². The highest BCUT2D eigenvalue weighted by molar-refractivity contribution is 5.75. The lowest BCUT2D eigenvalue weighted by molar-refractivity contribution is -0.120. The van der Waals surface area contributed by atoms with E-state index in [1.165, 1.54) is 6.42 Å². The predicted octanol–water partition coefficient (Wildman–Crippen LogP) is 0.429. The molecule has 1 aliphatic rings. The van der Waals surface area contributed by atoms with Crippen LogP contribution in [0.4, 0.5) is 0 Å². The minimum atomic E-state index is 0.143. The minimum Gasteiger partial charge on any atom is -0.359 e. The molecule has 0 aromatic rings. The molecule has 0 spiro atoms. The Morgan fingerprint density at radius 1 is 1.56 bits per heavy atom. The average Bonchev–Trinajstić information content (AvgIpc) is 2.29. The average molecular weight is 227 g/mol. The van der Waals surface area contributed by atoms with E-state index in [1.54, 1.807) is 7.05 Å². The van der Waals surface area contributed by atoms with Gasteiger partial charge in [0.05, 0.1) is 0 Å². The molecule has 0 saturated carbocycles. The first-order valence-electron chi connectivity index (χ1n) is 6.30. The monoisotopic (exact) mass is 227 g/mol. The van der Waals surface area contributed by atoms with Crippen molar-refractivity contribution in [2.45, 2.75) is 26.2 Å². The Morgan fingerprint density at radius 2 is 2.31 bits per heavy atom. The third kappa shape index (κ3) is 4.10. The number of nitrogens with two attached hydrogens (primary N) is 1. The van der Waals surface area contributed by atoms with E-state index < -0.39 is 0 Å².